The molecule has 1 atom stereocenters. The Morgan fingerprint density at radius 1 is 1.50 bits per heavy atom. The second-order valence-corrected chi connectivity index (χ2v) is 4.43. The maximum Gasteiger partial charge on any atom is 0.251 e. The molecule has 98 valence electrons. The second kappa shape index (κ2) is 5.44. The molecule has 18 heavy (non-hydrogen) atoms. The number of carbonyl (C=O) groups excluding carboxylic acids is 1. The third kappa shape index (κ3) is 2.85. The van der Waals surface area contributed by atoms with Crippen molar-refractivity contribution in [2.24, 2.45) is 0 Å². The average molecular weight is 255 g/mol. The molecule has 0 N–H and O–H groups in total. The first-order valence-corrected chi connectivity index (χ1v) is 5.88. The van der Waals surface area contributed by atoms with Gasteiger partial charge in [-0.15, -0.1) is 0 Å². The van der Waals surface area contributed by atoms with Crippen molar-refractivity contribution in [1.82, 2.24) is 4.90 Å². The van der Waals surface area contributed by atoms with Crippen LogP contribution in [0.2, 0.25) is 0 Å². The second-order valence-electron chi connectivity index (χ2n) is 4.43. The Morgan fingerprint density at radius 3 is 2.89 bits per heavy atom. The molecule has 1 fully saturated rings. The monoisotopic (exact) mass is 255 g/mol. The smallest absolute Gasteiger partial charge is 0.251 e. The molecule has 1 aliphatic rings. The predicted octanol–water partition coefficient (Wildman–Crippen LogP) is 2.10. The Balaban J connectivity index is 2.01. The number of nitrogens with zero attached hydrogens (tertiary/aromatic N) is 1. The highest BCUT2D eigenvalue weighted by Crippen LogP contribution is 2.17. The largest absolute Gasteiger partial charge is 0.368 e. The van der Waals surface area contributed by atoms with Crippen LogP contribution < -0.4 is 0 Å². The molecule has 0 bridgehead atoms. The Bertz CT molecular complexity index is 445. The van der Waals surface area contributed by atoms with E-state index in [1.807, 2.05) is 0 Å². The molecule has 1 heterocycles. The lowest BCUT2D eigenvalue weighted by Crippen LogP contribution is -2.35. The van der Waals surface area contributed by atoms with E-state index in [9.17, 15) is 13.6 Å². The first-order valence-electron chi connectivity index (χ1n) is 5.88. The van der Waals surface area contributed by atoms with E-state index >= 15 is 0 Å². The van der Waals surface area contributed by atoms with Crippen molar-refractivity contribution in [3.8, 4) is 0 Å². The van der Waals surface area contributed by atoms with E-state index in [0.717, 1.165) is 12.5 Å². The van der Waals surface area contributed by atoms with Crippen molar-refractivity contribution in [3.63, 3.8) is 0 Å². The zero-order chi connectivity index (χ0) is 13.1. The van der Waals surface area contributed by atoms with E-state index in [0.29, 0.717) is 18.6 Å². The summed E-state index contributed by atoms with van der Waals surface area (Å²) < 4.78 is 31.5. The molecule has 0 radical (unpaired) electrons. The van der Waals surface area contributed by atoms with Crippen molar-refractivity contribution in [2.45, 2.75) is 25.5 Å². The van der Waals surface area contributed by atoms with Gasteiger partial charge in [-0.05, 0) is 18.9 Å². The third-order valence-corrected chi connectivity index (χ3v) is 3.00. The number of likely N-dealkylation sites (N-methyl/N-ethyl adjacent to an activating group) is 1. The molecule has 0 spiro atoms. The third-order valence-electron chi connectivity index (χ3n) is 3.00. The molecule has 2 rings (SSSR count). The molecular weight excluding hydrogens is 240 g/mol. The van der Waals surface area contributed by atoms with Gasteiger partial charge in [-0.1, -0.05) is 6.07 Å². The van der Waals surface area contributed by atoms with Crippen LogP contribution in [-0.2, 0) is 16.1 Å². The van der Waals surface area contributed by atoms with E-state index in [1.54, 1.807) is 7.05 Å². The summed E-state index contributed by atoms with van der Waals surface area (Å²) in [5.74, 6) is -1.41. The minimum absolute atomic E-state index is 0.116. The van der Waals surface area contributed by atoms with E-state index in [-0.39, 0.29) is 12.5 Å². The summed E-state index contributed by atoms with van der Waals surface area (Å²) in [6.45, 7) is 0.708. The van der Waals surface area contributed by atoms with Gasteiger partial charge in [-0.3, -0.25) is 4.79 Å². The Labute approximate surface area is 104 Å². The number of ether oxygens (including phenoxy) is 1. The van der Waals surface area contributed by atoms with Gasteiger partial charge in [-0.25, -0.2) is 8.78 Å². The number of benzene rings is 1. The SMILES string of the molecule is CN(Cc1ccc(F)cc1F)C(=O)C1CCCO1. The normalized spacial score (nSPS) is 18.9. The molecule has 1 saturated heterocycles. The summed E-state index contributed by atoms with van der Waals surface area (Å²) in [4.78, 5) is 13.3. The first kappa shape index (κ1) is 13.0. The van der Waals surface area contributed by atoms with Crippen LogP contribution in [0.25, 0.3) is 0 Å². The minimum atomic E-state index is -0.637. The summed E-state index contributed by atoms with van der Waals surface area (Å²) in [6.07, 6.45) is 1.16. The quantitative estimate of drug-likeness (QED) is 0.827. The lowest BCUT2D eigenvalue weighted by molar-refractivity contribution is -0.140. The van der Waals surface area contributed by atoms with E-state index < -0.39 is 17.7 Å². The van der Waals surface area contributed by atoms with E-state index in [2.05, 4.69) is 0 Å². The van der Waals surface area contributed by atoms with Gasteiger partial charge in [0.05, 0.1) is 0 Å². The highest BCUT2D eigenvalue weighted by Gasteiger charge is 2.26. The van der Waals surface area contributed by atoms with E-state index in [1.165, 1.54) is 17.0 Å². The summed E-state index contributed by atoms with van der Waals surface area (Å²) in [7, 11) is 1.59. The Kier molecular flexibility index (Phi) is 3.91. The Morgan fingerprint density at radius 2 is 2.28 bits per heavy atom. The first-order chi connectivity index (χ1) is 8.58. The number of amides is 1. The van der Waals surface area contributed by atoms with Gasteiger partial charge in [0.2, 0.25) is 0 Å². The van der Waals surface area contributed by atoms with Crippen molar-refractivity contribution < 1.29 is 18.3 Å². The average Bonchev–Trinajstić information content (AvgIpc) is 2.85. The van der Waals surface area contributed by atoms with Crippen LogP contribution in [0.1, 0.15) is 18.4 Å². The fourth-order valence-electron chi connectivity index (χ4n) is 2.00. The number of rotatable bonds is 3. The zero-order valence-corrected chi connectivity index (χ0v) is 10.2. The number of carbonyl (C=O) groups is 1. The van der Waals surface area contributed by atoms with Crippen molar-refractivity contribution in [1.29, 1.82) is 0 Å². The number of hydrogen-bond donors (Lipinski definition) is 0. The van der Waals surface area contributed by atoms with E-state index in [4.69, 9.17) is 4.74 Å². The lowest BCUT2D eigenvalue weighted by atomic mass is 10.1. The Hall–Kier alpha value is -1.49. The van der Waals surface area contributed by atoms with Gasteiger partial charge < -0.3 is 9.64 Å². The fourth-order valence-corrected chi connectivity index (χ4v) is 2.00. The summed E-state index contributed by atoms with van der Waals surface area (Å²) >= 11 is 0. The minimum Gasteiger partial charge on any atom is -0.368 e. The molecule has 5 heteroatoms. The van der Waals surface area contributed by atoms with Crippen LogP contribution in [0.15, 0.2) is 18.2 Å². The molecule has 0 saturated carbocycles. The predicted molar refractivity (Wildman–Crippen MR) is 61.8 cm³/mol. The number of hydrogen-bond acceptors (Lipinski definition) is 2. The van der Waals surface area contributed by atoms with Crippen LogP contribution in [0.3, 0.4) is 0 Å². The van der Waals surface area contributed by atoms with Crippen molar-refractivity contribution in [3.05, 3.63) is 35.4 Å². The number of halogens is 2. The van der Waals surface area contributed by atoms with Gasteiger partial charge in [0.25, 0.3) is 5.91 Å². The summed E-state index contributed by atoms with van der Waals surface area (Å²) in [5, 5.41) is 0. The molecule has 0 aliphatic carbocycles. The van der Waals surface area contributed by atoms with Crippen LogP contribution in [0, 0.1) is 11.6 Å². The highest BCUT2D eigenvalue weighted by molar-refractivity contribution is 5.80. The summed E-state index contributed by atoms with van der Waals surface area (Å²) in [5.41, 5.74) is 0.297. The molecule has 1 aromatic carbocycles. The topological polar surface area (TPSA) is 29.5 Å². The highest BCUT2D eigenvalue weighted by atomic mass is 19.1. The van der Waals surface area contributed by atoms with Gasteiger partial charge in [0.1, 0.15) is 17.7 Å². The maximum absolute atomic E-state index is 13.4. The molecule has 3 nitrogen and oxygen atoms in total. The van der Waals surface area contributed by atoms with Crippen LogP contribution in [-0.4, -0.2) is 30.6 Å². The molecular formula is C13H15F2NO2. The van der Waals surface area contributed by atoms with Crippen LogP contribution in [0.5, 0.6) is 0 Å². The van der Waals surface area contributed by atoms with Crippen LogP contribution in [0.4, 0.5) is 8.78 Å². The van der Waals surface area contributed by atoms with Gasteiger partial charge in [-0.2, -0.15) is 0 Å². The molecule has 1 aromatic rings. The maximum atomic E-state index is 13.4. The summed E-state index contributed by atoms with van der Waals surface area (Å²) in [6, 6.07) is 3.35. The standard InChI is InChI=1S/C13H15F2NO2/c1-16(13(17)12-3-2-6-18-12)8-9-4-5-10(14)7-11(9)15/h4-5,7,12H,2-3,6,8H2,1H3. The van der Waals surface area contributed by atoms with Crippen LogP contribution >= 0.6 is 0 Å². The molecule has 1 amide bonds. The lowest BCUT2D eigenvalue weighted by Gasteiger charge is -2.20. The fraction of sp³-hybridized carbons (Fsp3) is 0.462. The van der Waals surface area contributed by atoms with Crippen molar-refractivity contribution in [2.75, 3.05) is 13.7 Å². The zero-order valence-electron chi connectivity index (χ0n) is 10.2. The molecule has 1 aliphatic heterocycles. The molecule has 1 unspecified atom stereocenters. The van der Waals surface area contributed by atoms with Crippen molar-refractivity contribution >= 4 is 5.91 Å². The van der Waals surface area contributed by atoms with Gasteiger partial charge in [0.15, 0.2) is 0 Å². The van der Waals surface area contributed by atoms with Gasteiger partial charge >= 0.3 is 0 Å². The van der Waals surface area contributed by atoms with Gasteiger partial charge in [0, 0.05) is 31.8 Å². The molecule has 0 aromatic heterocycles.